The molecule has 1 fully saturated rings. The average Bonchev–Trinajstić information content (AvgIpc) is 3.44. The zero-order valence-corrected chi connectivity index (χ0v) is 15.7. The Kier molecular flexibility index (Phi) is 5.71. The number of benzene rings is 1. The molecule has 1 aliphatic rings. The number of hydrogen-bond donors (Lipinski definition) is 1. The molecular formula is C18H16ClFN3O3S-. The van der Waals surface area contributed by atoms with Crippen LogP contribution in [0.2, 0.25) is 0 Å². The number of nitrogens with one attached hydrogen (secondary N) is 1. The van der Waals surface area contributed by atoms with Gasteiger partial charge in [-0.15, -0.1) is 12.4 Å². The minimum absolute atomic E-state index is 0. The van der Waals surface area contributed by atoms with E-state index in [0.717, 1.165) is 18.4 Å². The van der Waals surface area contributed by atoms with Crippen LogP contribution in [-0.2, 0) is 17.8 Å². The summed E-state index contributed by atoms with van der Waals surface area (Å²) in [6, 6.07) is 9.51. The zero-order chi connectivity index (χ0) is 18.3. The Morgan fingerprint density at radius 3 is 2.70 bits per heavy atom. The number of H-pyrrole nitrogens is 1. The number of rotatable bonds is 5. The summed E-state index contributed by atoms with van der Waals surface area (Å²) in [6.07, 6.45) is 3.18. The number of hydrogen-bond acceptors (Lipinski definition) is 4. The first-order valence-corrected chi connectivity index (χ1v) is 9.19. The number of halogens is 2. The van der Waals surface area contributed by atoms with Crippen LogP contribution in [0.1, 0.15) is 18.4 Å². The van der Waals surface area contributed by atoms with Crippen LogP contribution >= 0.6 is 12.4 Å². The Bertz CT molecular complexity index is 1070. The van der Waals surface area contributed by atoms with Crippen molar-refractivity contribution in [1.82, 2.24) is 14.3 Å². The van der Waals surface area contributed by atoms with E-state index in [2.05, 4.69) is 9.97 Å². The van der Waals surface area contributed by atoms with Crippen LogP contribution in [0.4, 0.5) is 4.39 Å². The van der Waals surface area contributed by atoms with Crippen molar-refractivity contribution in [2.45, 2.75) is 25.4 Å². The predicted octanol–water partition coefficient (Wildman–Crippen LogP) is 2.91. The first kappa shape index (κ1) is 19.6. The summed E-state index contributed by atoms with van der Waals surface area (Å²) < 4.78 is 38.5. The van der Waals surface area contributed by atoms with Gasteiger partial charge in [0.2, 0.25) is 5.56 Å². The van der Waals surface area contributed by atoms with Gasteiger partial charge in [-0.1, -0.05) is 12.1 Å². The highest BCUT2D eigenvalue weighted by atomic mass is 35.5. The minimum atomic E-state index is -2.37. The summed E-state index contributed by atoms with van der Waals surface area (Å²) in [5, 5.41) is 0.708. The van der Waals surface area contributed by atoms with E-state index >= 15 is 0 Å². The second-order valence-corrected chi connectivity index (χ2v) is 7.18. The lowest BCUT2D eigenvalue weighted by Crippen LogP contribution is -2.27. The highest BCUT2D eigenvalue weighted by molar-refractivity contribution is 7.76. The topological polar surface area (TPSA) is 89.1 Å². The van der Waals surface area contributed by atoms with Crippen LogP contribution < -0.4 is 5.56 Å². The van der Waals surface area contributed by atoms with E-state index in [9.17, 15) is 17.9 Å². The number of nitrogens with zero attached hydrogens (tertiary/aromatic N) is 2. The molecule has 1 unspecified atom stereocenters. The Morgan fingerprint density at radius 1 is 1.26 bits per heavy atom. The fourth-order valence-corrected chi connectivity index (χ4v) is 3.69. The van der Waals surface area contributed by atoms with Gasteiger partial charge in [0, 0.05) is 47.1 Å². The van der Waals surface area contributed by atoms with E-state index < -0.39 is 17.1 Å². The molecule has 4 rings (SSSR count). The average molecular weight is 409 g/mol. The highest BCUT2D eigenvalue weighted by Gasteiger charge is 2.30. The summed E-state index contributed by atoms with van der Waals surface area (Å²) in [5.41, 5.74) is 1.88. The monoisotopic (exact) mass is 408 g/mol. The second-order valence-electron chi connectivity index (χ2n) is 6.27. The Morgan fingerprint density at radius 2 is 2.04 bits per heavy atom. The smallest absolute Gasteiger partial charge is 0.249 e. The first-order chi connectivity index (χ1) is 12.5. The van der Waals surface area contributed by atoms with Gasteiger partial charge in [-0.05, 0) is 42.2 Å². The Balaban J connectivity index is 0.00000210. The summed E-state index contributed by atoms with van der Waals surface area (Å²) in [6.45, 7) is 0.0251. The quantitative estimate of drug-likeness (QED) is 0.657. The molecule has 0 aliphatic heterocycles. The van der Waals surface area contributed by atoms with E-state index in [4.69, 9.17) is 0 Å². The summed E-state index contributed by atoms with van der Waals surface area (Å²) >= 11 is -2.37. The molecule has 3 aromatic rings. The number of pyridine rings is 2. The van der Waals surface area contributed by atoms with E-state index in [0.29, 0.717) is 22.2 Å². The van der Waals surface area contributed by atoms with Crippen molar-refractivity contribution < 1.29 is 13.2 Å². The van der Waals surface area contributed by atoms with Gasteiger partial charge in [-0.3, -0.25) is 9.00 Å². The third-order valence-electron chi connectivity index (χ3n) is 4.47. The molecule has 142 valence electrons. The SMILES string of the molecule is Cl.O=c1ccc2c(-c3ccc(CN(C4CC4)S(=O)[O-])c(F)c3)ccnc2[nH]1. The van der Waals surface area contributed by atoms with Crippen molar-refractivity contribution in [3.05, 3.63) is 64.3 Å². The summed E-state index contributed by atoms with van der Waals surface area (Å²) in [4.78, 5) is 18.2. The van der Waals surface area contributed by atoms with Crippen molar-refractivity contribution in [2.24, 2.45) is 0 Å². The van der Waals surface area contributed by atoms with Crippen LogP contribution in [0.5, 0.6) is 0 Å². The van der Waals surface area contributed by atoms with Gasteiger partial charge in [0.25, 0.3) is 0 Å². The van der Waals surface area contributed by atoms with Crippen molar-refractivity contribution in [3.8, 4) is 11.1 Å². The van der Waals surface area contributed by atoms with Gasteiger partial charge in [-0.2, -0.15) is 0 Å². The zero-order valence-electron chi connectivity index (χ0n) is 14.1. The lowest BCUT2D eigenvalue weighted by Gasteiger charge is -2.24. The Hall–Kier alpha value is -2.13. The molecule has 1 aromatic carbocycles. The van der Waals surface area contributed by atoms with Crippen LogP contribution in [0.3, 0.4) is 0 Å². The van der Waals surface area contributed by atoms with Gasteiger partial charge in [0.05, 0.1) is 0 Å². The standard InChI is InChI=1S/C18H16FN3O3S.ClH/c19-16-9-11(1-2-12(16)10-22(26(24)25)13-3-4-13)14-7-8-20-18-15(14)5-6-17(23)21-18;/h1-2,5-9,13H,3-4,10H2,(H,24,25)(H,20,21,23);1H/p-1. The molecule has 1 N–H and O–H groups in total. The lowest BCUT2D eigenvalue weighted by atomic mass is 10.0. The molecule has 1 atom stereocenters. The maximum absolute atomic E-state index is 14.6. The largest absolute Gasteiger partial charge is 0.760 e. The summed E-state index contributed by atoms with van der Waals surface area (Å²) in [5.74, 6) is -0.465. The van der Waals surface area contributed by atoms with E-state index in [1.165, 1.54) is 16.4 Å². The van der Waals surface area contributed by atoms with Crippen molar-refractivity contribution in [2.75, 3.05) is 0 Å². The fourth-order valence-electron chi connectivity index (χ4n) is 2.99. The molecule has 9 heteroatoms. The molecule has 1 aliphatic carbocycles. The second kappa shape index (κ2) is 7.85. The normalized spacial score (nSPS) is 14.9. The van der Waals surface area contributed by atoms with Gasteiger partial charge in [0.15, 0.2) is 0 Å². The molecule has 1 saturated carbocycles. The third-order valence-corrected chi connectivity index (χ3v) is 5.28. The van der Waals surface area contributed by atoms with Gasteiger partial charge in [0.1, 0.15) is 11.5 Å². The van der Waals surface area contributed by atoms with Crippen molar-refractivity contribution in [3.63, 3.8) is 0 Å². The van der Waals surface area contributed by atoms with Crippen LogP contribution in [0.15, 0.2) is 47.4 Å². The molecule has 6 nitrogen and oxygen atoms in total. The Labute approximate surface area is 163 Å². The molecule has 2 aromatic heterocycles. The fraction of sp³-hybridized carbons (Fsp3) is 0.222. The lowest BCUT2D eigenvalue weighted by molar-refractivity contribution is 0.370. The maximum Gasteiger partial charge on any atom is 0.249 e. The van der Waals surface area contributed by atoms with Crippen molar-refractivity contribution in [1.29, 1.82) is 0 Å². The van der Waals surface area contributed by atoms with Gasteiger partial charge >= 0.3 is 0 Å². The molecule has 27 heavy (non-hydrogen) atoms. The van der Waals surface area contributed by atoms with E-state index in [1.807, 2.05) is 0 Å². The molecule has 0 bridgehead atoms. The van der Waals surface area contributed by atoms with Gasteiger partial charge < -0.3 is 9.54 Å². The van der Waals surface area contributed by atoms with Crippen LogP contribution in [-0.4, -0.2) is 29.1 Å². The van der Waals surface area contributed by atoms with Crippen LogP contribution in [0.25, 0.3) is 22.2 Å². The minimum Gasteiger partial charge on any atom is -0.760 e. The van der Waals surface area contributed by atoms with E-state index in [1.54, 1.807) is 30.5 Å². The highest BCUT2D eigenvalue weighted by Crippen LogP contribution is 2.31. The predicted molar refractivity (Wildman–Crippen MR) is 102 cm³/mol. The first-order valence-electron chi connectivity index (χ1n) is 8.16. The van der Waals surface area contributed by atoms with Gasteiger partial charge in [-0.25, -0.2) is 13.7 Å². The molecule has 0 spiro atoms. The molecule has 0 saturated heterocycles. The number of fused-ring (bicyclic) bond motifs is 1. The molecule has 2 heterocycles. The third kappa shape index (κ3) is 4.08. The molecule has 0 amide bonds. The number of aromatic amines is 1. The van der Waals surface area contributed by atoms with Crippen molar-refractivity contribution >= 4 is 34.7 Å². The maximum atomic E-state index is 14.6. The molecular weight excluding hydrogens is 393 g/mol. The number of aromatic nitrogens is 2. The summed E-state index contributed by atoms with van der Waals surface area (Å²) in [7, 11) is 0. The van der Waals surface area contributed by atoms with E-state index in [-0.39, 0.29) is 30.6 Å². The molecule has 0 radical (unpaired) electrons. The van der Waals surface area contributed by atoms with Crippen LogP contribution in [0, 0.1) is 5.82 Å².